The zero-order valence-corrected chi connectivity index (χ0v) is 6.94. The predicted octanol–water partition coefficient (Wildman–Crippen LogP) is 0.704. The summed E-state index contributed by atoms with van der Waals surface area (Å²) in [5.74, 6) is 0.769. The Bertz CT molecular complexity index is 442. The molecule has 66 valence electrons. The molecule has 0 spiro atoms. The highest BCUT2D eigenvalue weighted by atomic mass is 16.3. The maximum Gasteiger partial charge on any atom is 0.156 e. The van der Waals surface area contributed by atoms with Crippen LogP contribution in [0.1, 0.15) is 5.82 Å². The van der Waals surface area contributed by atoms with Gasteiger partial charge in [0.2, 0.25) is 0 Å². The molecule has 0 unspecified atom stereocenters. The minimum atomic E-state index is -0.185. The number of para-hydroxylation sites is 1. The SMILES string of the molecule is Nc1nc(CO)nc2ccccc12. The summed E-state index contributed by atoms with van der Waals surface area (Å²) < 4.78 is 0. The summed E-state index contributed by atoms with van der Waals surface area (Å²) in [4.78, 5) is 8.05. The maximum atomic E-state index is 8.84. The number of hydrogen-bond acceptors (Lipinski definition) is 4. The number of rotatable bonds is 1. The highest BCUT2D eigenvalue weighted by Gasteiger charge is 2.02. The van der Waals surface area contributed by atoms with Crippen LogP contribution in [-0.2, 0) is 6.61 Å². The van der Waals surface area contributed by atoms with Gasteiger partial charge in [-0.15, -0.1) is 0 Å². The van der Waals surface area contributed by atoms with E-state index in [9.17, 15) is 0 Å². The number of nitrogen functional groups attached to an aromatic ring is 1. The minimum Gasteiger partial charge on any atom is -0.388 e. The lowest BCUT2D eigenvalue weighted by Gasteiger charge is -2.02. The van der Waals surface area contributed by atoms with Gasteiger partial charge in [0.05, 0.1) is 5.52 Å². The van der Waals surface area contributed by atoms with Gasteiger partial charge < -0.3 is 10.8 Å². The lowest BCUT2D eigenvalue weighted by atomic mass is 10.2. The first-order chi connectivity index (χ1) is 6.31. The molecule has 0 saturated heterocycles. The molecule has 0 radical (unpaired) electrons. The fourth-order valence-corrected chi connectivity index (χ4v) is 1.22. The third-order valence-electron chi connectivity index (χ3n) is 1.82. The van der Waals surface area contributed by atoms with Gasteiger partial charge in [0.1, 0.15) is 12.4 Å². The Morgan fingerprint density at radius 2 is 2.00 bits per heavy atom. The first-order valence-electron chi connectivity index (χ1n) is 3.93. The van der Waals surface area contributed by atoms with Crippen molar-refractivity contribution in [3.8, 4) is 0 Å². The molecule has 0 saturated carbocycles. The average molecular weight is 175 g/mol. The van der Waals surface area contributed by atoms with Crippen molar-refractivity contribution in [2.45, 2.75) is 6.61 Å². The van der Waals surface area contributed by atoms with E-state index >= 15 is 0 Å². The standard InChI is InChI=1S/C9H9N3O/c10-9-6-3-1-2-4-7(6)11-8(5-13)12-9/h1-4,13H,5H2,(H2,10,11,12). The molecular formula is C9H9N3O. The summed E-state index contributed by atoms with van der Waals surface area (Å²) in [5.41, 5.74) is 6.43. The second-order valence-electron chi connectivity index (χ2n) is 2.70. The number of fused-ring (bicyclic) bond motifs is 1. The number of hydrogen-bond donors (Lipinski definition) is 2. The summed E-state index contributed by atoms with van der Waals surface area (Å²) in [7, 11) is 0. The summed E-state index contributed by atoms with van der Waals surface area (Å²) in [6, 6.07) is 7.44. The zero-order chi connectivity index (χ0) is 9.26. The van der Waals surface area contributed by atoms with Crippen LogP contribution in [0.3, 0.4) is 0 Å². The number of aliphatic hydroxyl groups is 1. The topological polar surface area (TPSA) is 72.0 Å². The molecule has 2 aromatic rings. The number of nitrogens with zero attached hydrogens (tertiary/aromatic N) is 2. The van der Waals surface area contributed by atoms with Crippen molar-refractivity contribution >= 4 is 16.7 Å². The largest absolute Gasteiger partial charge is 0.388 e. The van der Waals surface area contributed by atoms with Crippen molar-refractivity contribution in [1.29, 1.82) is 0 Å². The fraction of sp³-hybridized carbons (Fsp3) is 0.111. The van der Waals surface area contributed by atoms with Crippen LogP contribution in [0.4, 0.5) is 5.82 Å². The second kappa shape index (κ2) is 2.99. The Morgan fingerprint density at radius 1 is 1.23 bits per heavy atom. The molecule has 0 bridgehead atoms. The Morgan fingerprint density at radius 3 is 2.77 bits per heavy atom. The molecule has 0 aliphatic rings. The monoisotopic (exact) mass is 175 g/mol. The molecule has 1 heterocycles. The number of benzene rings is 1. The molecule has 2 rings (SSSR count). The highest BCUT2D eigenvalue weighted by molar-refractivity contribution is 5.87. The van der Waals surface area contributed by atoms with Crippen LogP contribution in [0.5, 0.6) is 0 Å². The molecule has 0 aliphatic carbocycles. The Balaban J connectivity index is 2.77. The molecular weight excluding hydrogens is 166 g/mol. The lowest BCUT2D eigenvalue weighted by Crippen LogP contribution is -2.00. The third kappa shape index (κ3) is 1.31. The van der Waals surface area contributed by atoms with Gasteiger partial charge in [-0.25, -0.2) is 9.97 Å². The van der Waals surface area contributed by atoms with Crippen LogP contribution >= 0.6 is 0 Å². The first-order valence-corrected chi connectivity index (χ1v) is 3.93. The molecule has 4 heteroatoms. The molecule has 1 aromatic heterocycles. The van der Waals surface area contributed by atoms with Gasteiger partial charge >= 0.3 is 0 Å². The first kappa shape index (κ1) is 7.94. The molecule has 0 atom stereocenters. The van der Waals surface area contributed by atoms with Crippen LogP contribution in [0.25, 0.3) is 10.9 Å². The van der Waals surface area contributed by atoms with E-state index in [4.69, 9.17) is 10.8 Å². The summed E-state index contributed by atoms with van der Waals surface area (Å²) in [6.45, 7) is -0.185. The summed E-state index contributed by atoms with van der Waals surface area (Å²) >= 11 is 0. The normalized spacial score (nSPS) is 10.5. The van der Waals surface area contributed by atoms with Crippen molar-refractivity contribution in [2.75, 3.05) is 5.73 Å². The molecule has 0 fully saturated rings. The Kier molecular flexibility index (Phi) is 1.83. The van der Waals surface area contributed by atoms with Crippen molar-refractivity contribution in [3.05, 3.63) is 30.1 Å². The quantitative estimate of drug-likeness (QED) is 0.669. The molecule has 13 heavy (non-hydrogen) atoms. The van der Waals surface area contributed by atoms with Crippen LogP contribution in [-0.4, -0.2) is 15.1 Å². The highest BCUT2D eigenvalue weighted by Crippen LogP contribution is 2.16. The molecule has 0 amide bonds. The van der Waals surface area contributed by atoms with E-state index < -0.39 is 0 Å². The van der Waals surface area contributed by atoms with Gasteiger partial charge in [-0.2, -0.15) is 0 Å². The van der Waals surface area contributed by atoms with E-state index in [1.807, 2.05) is 24.3 Å². The average Bonchev–Trinajstić information content (AvgIpc) is 2.18. The van der Waals surface area contributed by atoms with E-state index in [-0.39, 0.29) is 6.61 Å². The van der Waals surface area contributed by atoms with Gasteiger partial charge in [-0.05, 0) is 12.1 Å². The third-order valence-corrected chi connectivity index (χ3v) is 1.82. The van der Waals surface area contributed by atoms with E-state index in [0.29, 0.717) is 11.6 Å². The van der Waals surface area contributed by atoms with E-state index in [1.54, 1.807) is 0 Å². The van der Waals surface area contributed by atoms with Crippen LogP contribution < -0.4 is 5.73 Å². The number of aliphatic hydroxyl groups excluding tert-OH is 1. The summed E-state index contributed by atoms with van der Waals surface area (Å²) in [6.07, 6.45) is 0. The smallest absolute Gasteiger partial charge is 0.156 e. The van der Waals surface area contributed by atoms with E-state index in [2.05, 4.69) is 9.97 Å². The van der Waals surface area contributed by atoms with Gasteiger partial charge in [-0.3, -0.25) is 0 Å². The fourth-order valence-electron chi connectivity index (χ4n) is 1.22. The molecule has 0 aliphatic heterocycles. The minimum absolute atomic E-state index is 0.185. The van der Waals surface area contributed by atoms with Gasteiger partial charge in [0, 0.05) is 5.39 Å². The summed E-state index contributed by atoms with van der Waals surface area (Å²) in [5, 5.41) is 9.66. The van der Waals surface area contributed by atoms with Crippen LogP contribution in [0.2, 0.25) is 0 Å². The zero-order valence-electron chi connectivity index (χ0n) is 6.94. The van der Waals surface area contributed by atoms with E-state index in [0.717, 1.165) is 10.9 Å². The molecule has 4 nitrogen and oxygen atoms in total. The number of anilines is 1. The van der Waals surface area contributed by atoms with E-state index in [1.165, 1.54) is 0 Å². The van der Waals surface area contributed by atoms with Gasteiger partial charge in [-0.1, -0.05) is 12.1 Å². The van der Waals surface area contributed by atoms with Gasteiger partial charge in [0.15, 0.2) is 5.82 Å². The van der Waals surface area contributed by atoms with Crippen LogP contribution in [0.15, 0.2) is 24.3 Å². The number of nitrogens with two attached hydrogens (primary N) is 1. The maximum absolute atomic E-state index is 8.84. The van der Waals surface area contributed by atoms with Crippen molar-refractivity contribution < 1.29 is 5.11 Å². The van der Waals surface area contributed by atoms with Crippen LogP contribution in [0, 0.1) is 0 Å². The van der Waals surface area contributed by atoms with Crippen molar-refractivity contribution in [3.63, 3.8) is 0 Å². The molecule has 1 aromatic carbocycles. The predicted molar refractivity (Wildman–Crippen MR) is 49.9 cm³/mol. The molecule has 3 N–H and O–H groups in total. The Hall–Kier alpha value is -1.68. The Labute approximate surface area is 75.1 Å². The second-order valence-corrected chi connectivity index (χ2v) is 2.70. The van der Waals surface area contributed by atoms with Crippen molar-refractivity contribution in [2.24, 2.45) is 0 Å². The lowest BCUT2D eigenvalue weighted by molar-refractivity contribution is 0.272. The van der Waals surface area contributed by atoms with Crippen molar-refractivity contribution in [1.82, 2.24) is 9.97 Å². The van der Waals surface area contributed by atoms with Gasteiger partial charge in [0.25, 0.3) is 0 Å². The number of aromatic nitrogens is 2.